The third-order valence-corrected chi connectivity index (χ3v) is 3.89. The van der Waals surface area contributed by atoms with E-state index in [-0.39, 0.29) is 0 Å². The zero-order valence-electron chi connectivity index (χ0n) is 14.2. The molecule has 3 aromatic rings. The lowest BCUT2D eigenvalue weighted by Gasteiger charge is -2.06. The standard InChI is InChI=1S/C21H18N2O3/c1-26-18-12-9-17(10-13-18)21(25)23-22-20(24)14-11-16-7-4-6-15-5-2-3-8-19(15)16/h2-14H,1H3,(H,22,24)(H,23,25). The van der Waals surface area contributed by atoms with Crippen LogP contribution in [0.4, 0.5) is 0 Å². The highest BCUT2D eigenvalue weighted by Crippen LogP contribution is 2.19. The van der Waals surface area contributed by atoms with Gasteiger partial charge in [-0.3, -0.25) is 20.4 Å². The molecule has 0 atom stereocenters. The van der Waals surface area contributed by atoms with Crippen molar-refractivity contribution in [1.82, 2.24) is 10.9 Å². The molecule has 0 fully saturated rings. The average molecular weight is 346 g/mol. The number of fused-ring (bicyclic) bond motifs is 1. The minimum atomic E-state index is -0.417. The van der Waals surface area contributed by atoms with Crippen LogP contribution in [0.2, 0.25) is 0 Å². The highest BCUT2D eigenvalue weighted by molar-refractivity contribution is 5.99. The van der Waals surface area contributed by atoms with Crippen molar-refractivity contribution in [1.29, 1.82) is 0 Å². The molecule has 0 aromatic heterocycles. The van der Waals surface area contributed by atoms with Gasteiger partial charge in [0.05, 0.1) is 7.11 Å². The van der Waals surface area contributed by atoms with Crippen LogP contribution in [-0.2, 0) is 4.79 Å². The van der Waals surface area contributed by atoms with Gasteiger partial charge in [-0.15, -0.1) is 0 Å². The van der Waals surface area contributed by atoms with Gasteiger partial charge in [-0.2, -0.15) is 0 Å². The van der Waals surface area contributed by atoms with Gasteiger partial charge in [-0.05, 0) is 46.7 Å². The Hall–Kier alpha value is -3.60. The number of carbonyl (C=O) groups excluding carboxylic acids is 2. The van der Waals surface area contributed by atoms with Crippen molar-refractivity contribution in [3.05, 3.63) is 83.9 Å². The summed E-state index contributed by atoms with van der Waals surface area (Å²) < 4.78 is 5.04. The van der Waals surface area contributed by atoms with Crippen molar-refractivity contribution in [2.75, 3.05) is 7.11 Å². The first kappa shape index (κ1) is 17.2. The second-order valence-electron chi connectivity index (χ2n) is 5.57. The van der Waals surface area contributed by atoms with Crippen molar-refractivity contribution in [2.45, 2.75) is 0 Å². The fourth-order valence-corrected chi connectivity index (χ4v) is 2.54. The summed E-state index contributed by atoms with van der Waals surface area (Å²) in [5, 5.41) is 2.16. The van der Waals surface area contributed by atoms with Gasteiger partial charge in [0.2, 0.25) is 0 Å². The predicted octanol–water partition coefficient (Wildman–Crippen LogP) is 3.32. The fourth-order valence-electron chi connectivity index (χ4n) is 2.54. The molecule has 2 amide bonds. The maximum absolute atomic E-state index is 12.0. The van der Waals surface area contributed by atoms with Gasteiger partial charge in [0.15, 0.2) is 0 Å². The summed E-state index contributed by atoms with van der Waals surface area (Å²) >= 11 is 0. The molecule has 0 aliphatic carbocycles. The Morgan fingerprint density at radius 1 is 0.885 bits per heavy atom. The van der Waals surface area contributed by atoms with Crippen LogP contribution >= 0.6 is 0 Å². The SMILES string of the molecule is COc1ccc(C(=O)NNC(=O)C=Cc2cccc3ccccc23)cc1. The largest absolute Gasteiger partial charge is 0.497 e. The first-order valence-electron chi connectivity index (χ1n) is 8.07. The van der Waals surface area contributed by atoms with E-state index in [0.29, 0.717) is 11.3 Å². The maximum Gasteiger partial charge on any atom is 0.269 e. The van der Waals surface area contributed by atoms with E-state index in [2.05, 4.69) is 10.9 Å². The molecule has 0 unspecified atom stereocenters. The van der Waals surface area contributed by atoms with Gasteiger partial charge in [0.25, 0.3) is 11.8 Å². The molecule has 0 aliphatic rings. The average Bonchev–Trinajstić information content (AvgIpc) is 2.70. The van der Waals surface area contributed by atoms with Crippen molar-refractivity contribution >= 4 is 28.7 Å². The zero-order chi connectivity index (χ0) is 18.4. The van der Waals surface area contributed by atoms with E-state index in [9.17, 15) is 9.59 Å². The van der Waals surface area contributed by atoms with Crippen molar-refractivity contribution in [2.24, 2.45) is 0 Å². The van der Waals surface area contributed by atoms with Crippen molar-refractivity contribution in [3.63, 3.8) is 0 Å². The van der Waals surface area contributed by atoms with E-state index < -0.39 is 11.8 Å². The smallest absolute Gasteiger partial charge is 0.269 e. The Kier molecular flexibility index (Phi) is 5.29. The number of methoxy groups -OCH3 is 1. The second-order valence-corrected chi connectivity index (χ2v) is 5.57. The lowest BCUT2D eigenvalue weighted by molar-refractivity contribution is -0.117. The van der Waals surface area contributed by atoms with Crippen LogP contribution < -0.4 is 15.6 Å². The first-order chi connectivity index (χ1) is 12.7. The van der Waals surface area contributed by atoms with E-state index in [1.165, 1.54) is 6.08 Å². The third kappa shape index (κ3) is 4.08. The normalized spacial score (nSPS) is 10.7. The molecule has 3 aromatic carbocycles. The lowest BCUT2D eigenvalue weighted by atomic mass is 10.0. The highest BCUT2D eigenvalue weighted by atomic mass is 16.5. The molecular formula is C21H18N2O3. The van der Waals surface area contributed by atoms with Crippen LogP contribution in [0.25, 0.3) is 16.8 Å². The molecule has 0 radical (unpaired) electrons. The van der Waals surface area contributed by atoms with Crippen LogP contribution in [0, 0.1) is 0 Å². The molecule has 0 heterocycles. The van der Waals surface area contributed by atoms with Crippen LogP contribution in [0.15, 0.2) is 72.8 Å². The van der Waals surface area contributed by atoms with E-state index in [1.54, 1.807) is 37.5 Å². The molecule has 0 aliphatic heterocycles. The summed E-state index contributed by atoms with van der Waals surface area (Å²) in [6.45, 7) is 0. The number of ether oxygens (including phenoxy) is 1. The Labute approximate surface area is 151 Å². The van der Waals surface area contributed by atoms with Crippen molar-refractivity contribution < 1.29 is 14.3 Å². The minimum absolute atomic E-state index is 0.403. The first-order valence-corrected chi connectivity index (χ1v) is 8.07. The number of hydrazine groups is 1. The summed E-state index contributed by atoms with van der Waals surface area (Å²) in [5.74, 6) is -0.164. The monoisotopic (exact) mass is 346 g/mol. The van der Waals surface area contributed by atoms with Gasteiger partial charge in [0, 0.05) is 11.6 Å². The van der Waals surface area contributed by atoms with E-state index in [1.807, 2.05) is 42.5 Å². The number of rotatable bonds is 4. The predicted molar refractivity (Wildman–Crippen MR) is 102 cm³/mol. The third-order valence-electron chi connectivity index (χ3n) is 3.89. The van der Waals surface area contributed by atoms with Gasteiger partial charge in [-0.25, -0.2) is 0 Å². The van der Waals surface area contributed by atoms with Crippen molar-refractivity contribution in [3.8, 4) is 5.75 Å². The number of benzene rings is 3. The molecule has 0 saturated carbocycles. The van der Waals surface area contributed by atoms with Crippen LogP contribution in [0.5, 0.6) is 5.75 Å². The number of amides is 2. The number of carbonyl (C=O) groups is 2. The molecule has 0 saturated heterocycles. The second kappa shape index (κ2) is 7.98. The summed E-state index contributed by atoms with van der Waals surface area (Å²) in [5.41, 5.74) is 6.10. The molecule has 5 nitrogen and oxygen atoms in total. The topological polar surface area (TPSA) is 67.4 Å². The molecule has 3 rings (SSSR count). The van der Waals surface area contributed by atoms with E-state index in [4.69, 9.17) is 4.74 Å². The molecule has 0 bridgehead atoms. The van der Waals surface area contributed by atoms with Gasteiger partial charge in [-0.1, -0.05) is 42.5 Å². The summed E-state index contributed by atoms with van der Waals surface area (Å²) in [6, 6.07) is 20.4. The maximum atomic E-state index is 12.0. The zero-order valence-corrected chi connectivity index (χ0v) is 14.2. The minimum Gasteiger partial charge on any atom is -0.497 e. The van der Waals surface area contributed by atoms with E-state index >= 15 is 0 Å². The molecule has 5 heteroatoms. The van der Waals surface area contributed by atoms with Gasteiger partial charge >= 0.3 is 0 Å². The molecule has 26 heavy (non-hydrogen) atoms. The summed E-state index contributed by atoms with van der Waals surface area (Å²) in [6.07, 6.45) is 3.10. The Morgan fingerprint density at radius 2 is 1.62 bits per heavy atom. The van der Waals surface area contributed by atoms with Gasteiger partial charge < -0.3 is 4.74 Å². The van der Waals surface area contributed by atoms with Crippen LogP contribution in [0.3, 0.4) is 0 Å². The summed E-state index contributed by atoms with van der Waals surface area (Å²) in [7, 11) is 1.55. The Morgan fingerprint density at radius 3 is 2.38 bits per heavy atom. The number of hydrogen-bond acceptors (Lipinski definition) is 3. The highest BCUT2D eigenvalue weighted by Gasteiger charge is 2.06. The van der Waals surface area contributed by atoms with Crippen LogP contribution in [0.1, 0.15) is 15.9 Å². The Balaban J connectivity index is 1.61. The molecule has 130 valence electrons. The van der Waals surface area contributed by atoms with E-state index in [0.717, 1.165) is 16.3 Å². The molecule has 0 spiro atoms. The van der Waals surface area contributed by atoms with Crippen LogP contribution in [-0.4, -0.2) is 18.9 Å². The molecular weight excluding hydrogens is 328 g/mol. The quantitative estimate of drug-likeness (QED) is 0.562. The molecule has 2 N–H and O–H groups in total. The van der Waals surface area contributed by atoms with Gasteiger partial charge in [0.1, 0.15) is 5.75 Å². The summed E-state index contributed by atoms with van der Waals surface area (Å²) in [4.78, 5) is 24.0. The number of nitrogens with one attached hydrogen (secondary N) is 2. The Bertz CT molecular complexity index is 957. The number of hydrogen-bond donors (Lipinski definition) is 2. The fraction of sp³-hybridized carbons (Fsp3) is 0.0476. The lowest BCUT2D eigenvalue weighted by Crippen LogP contribution is -2.40.